The van der Waals surface area contributed by atoms with Crippen molar-refractivity contribution < 1.29 is 9.90 Å². The second-order valence-electron chi connectivity index (χ2n) is 3.55. The molecule has 82 valence electrons. The topological polar surface area (TPSA) is 43.4 Å². The lowest BCUT2D eigenvalue weighted by atomic mass is 10.1. The van der Waals surface area contributed by atoms with Gasteiger partial charge in [0.2, 0.25) is 0 Å². The normalized spacial score (nSPS) is 12.1. The maximum absolute atomic E-state index is 10.9. The molecular weight excluding hydrogens is 190 g/mol. The lowest BCUT2D eigenvalue weighted by Gasteiger charge is -2.31. The van der Waals surface area contributed by atoms with Crippen LogP contribution in [-0.2, 0) is 0 Å². The first-order valence-corrected chi connectivity index (χ1v) is 5.19. The molecule has 15 heavy (non-hydrogen) atoms. The molecule has 0 saturated heterocycles. The Balaban J connectivity index is 2.81. The van der Waals surface area contributed by atoms with Crippen LogP contribution in [0.3, 0.4) is 0 Å². The molecule has 0 radical (unpaired) electrons. The van der Waals surface area contributed by atoms with E-state index in [1.54, 1.807) is 0 Å². The number of hydrogen-bond acceptors (Lipinski definition) is 2. The van der Waals surface area contributed by atoms with Crippen LogP contribution in [0.1, 0.15) is 31.9 Å². The number of hydrogen-bond donors (Lipinski definition) is 0. The molecule has 1 aromatic carbocycles. The fourth-order valence-electron chi connectivity index (χ4n) is 1.60. The molecule has 0 spiro atoms. The lowest BCUT2D eigenvalue weighted by Crippen LogP contribution is -2.43. The zero-order chi connectivity index (χ0) is 11.3. The van der Waals surface area contributed by atoms with Gasteiger partial charge in [0.05, 0.1) is 6.04 Å². The second kappa shape index (κ2) is 5.39. The molecule has 1 rings (SSSR count). The summed E-state index contributed by atoms with van der Waals surface area (Å²) >= 11 is 0. The summed E-state index contributed by atoms with van der Waals surface area (Å²) in [6.07, 6.45) is -0.307. The molecule has 0 bridgehead atoms. The molecule has 1 unspecified atom stereocenters. The summed E-state index contributed by atoms with van der Waals surface area (Å²) in [4.78, 5) is 12.3. The predicted octanol–water partition coefficient (Wildman–Crippen LogP) is 1.80. The molecular formula is C12H16NO2-. The summed E-state index contributed by atoms with van der Waals surface area (Å²) in [6.45, 7) is 4.34. The summed E-state index contributed by atoms with van der Waals surface area (Å²) in [6, 6.07) is 9.44. The molecule has 0 saturated carbocycles. The van der Waals surface area contributed by atoms with E-state index in [4.69, 9.17) is 0 Å². The van der Waals surface area contributed by atoms with Crippen LogP contribution >= 0.6 is 0 Å². The highest BCUT2D eigenvalue weighted by atomic mass is 16.4. The van der Waals surface area contributed by atoms with Crippen LogP contribution in [0.2, 0.25) is 0 Å². The summed E-state index contributed by atoms with van der Waals surface area (Å²) in [7, 11) is 0. The van der Waals surface area contributed by atoms with Crippen LogP contribution in [0.25, 0.3) is 0 Å². The van der Waals surface area contributed by atoms with E-state index < -0.39 is 6.09 Å². The summed E-state index contributed by atoms with van der Waals surface area (Å²) < 4.78 is 0. The Morgan fingerprint density at radius 2 is 2.00 bits per heavy atom. The van der Waals surface area contributed by atoms with Crippen LogP contribution < -0.4 is 5.11 Å². The third-order valence-electron chi connectivity index (χ3n) is 2.45. The molecule has 0 N–H and O–H groups in total. The minimum Gasteiger partial charge on any atom is -0.530 e. The van der Waals surface area contributed by atoms with Gasteiger partial charge in [0, 0.05) is 6.54 Å². The second-order valence-corrected chi connectivity index (χ2v) is 3.55. The summed E-state index contributed by atoms with van der Waals surface area (Å²) in [5.41, 5.74) is 0.996. The zero-order valence-corrected chi connectivity index (χ0v) is 9.14. The number of carboxylic acid groups (broad SMARTS) is 1. The van der Waals surface area contributed by atoms with Gasteiger partial charge in [-0.1, -0.05) is 37.3 Å². The number of benzene rings is 1. The highest BCUT2D eigenvalue weighted by molar-refractivity contribution is 5.63. The van der Waals surface area contributed by atoms with E-state index in [2.05, 4.69) is 0 Å². The highest BCUT2D eigenvalue weighted by Crippen LogP contribution is 2.19. The van der Waals surface area contributed by atoms with Gasteiger partial charge in [-0.15, -0.1) is 0 Å². The molecule has 3 nitrogen and oxygen atoms in total. The molecule has 1 atom stereocenters. The van der Waals surface area contributed by atoms with Crippen LogP contribution in [0.4, 0.5) is 4.79 Å². The van der Waals surface area contributed by atoms with Crippen molar-refractivity contribution in [1.82, 2.24) is 4.90 Å². The number of rotatable bonds is 4. The fourth-order valence-corrected chi connectivity index (χ4v) is 1.60. The van der Waals surface area contributed by atoms with Crippen molar-refractivity contribution in [2.24, 2.45) is 0 Å². The van der Waals surface area contributed by atoms with E-state index >= 15 is 0 Å². The molecule has 3 heteroatoms. The van der Waals surface area contributed by atoms with Crippen LogP contribution in [-0.4, -0.2) is 17.5 Å². The van der Waals surface area contributed by atoms with E-state index in [0.29, 0.717) is 6.54 Å². The standard InChI is InChI=1S/C12H17NO2/c1-3-9-13(12(14)15)10(2)11-7-5-4-6-8-11/h4-8,10H,3,9H2,1-2H3,(H,14,15)/p-1. The molecule has 1 aromatic rings. The Morgan fingerprint density at radius 3 is 2.47 bits per heavy atom. The van der Waals surface area contributed by atoms with Gasteiger partial charge in [-0.25, -0.2) is 0 Å². The molecule has 0 heterocycles. The smallest absolute Gasteiger partial charge is 0.137 e. The first-order valence-electron chi connectivity index (χ1n) is 5.19. The van der Waals surface area contributed by atoms with E-state index in [9.17, 15) is 9.90 Å². The fraction of sp³-hybridized carbons (Fsp3) is 0.417. The van der Waals surface area contributed by atoms with E-state index in [-0.39, 0.29) is 6.04 Å². The van der Waals surface area contributed by atoms with Crippen molar-refractivity contribution in [2.45, 2.75) is 26.3 Å². The number of carbonyl (C=O) groups is 1. The average Bonchev–Trinajstić information content (AvgIpc) is 2.26. The first-order chi connectivity index (χ1) is 7.16. The van der Waals surface area contributed by atoms with Crippen molar-refractivity contribution >= 4 is 6.09 Å². The average molecular weight is 206 g/mol. The molecule has 0 aliphatic rings. The Morgan fingerprint density at radius 1 is 1.40 bits per heavy atom. The highest BCUT2D eigenvalue weighted by Gasteiger charge is 2.13. The van der Waals surface area contributed by atoms with Crippen LogP contribution in [0, 0.1) is 0 Å². The van der Waals surface area contributed by atoms with Gasteiger partial charge in [0.1, 0.15) is 6.09 Å². The number of amides is 1. The molecule has 0 fully saturated rings. The largest absolute Gasteiger partial charge is 0.530 e. The zero-order valence-electron chi connectivity index (χ0n) is 9.14. The third-order valence-corrected chi connectivity index (χ3v) is 2.45. The predicted molar refractivity (Wildman–Crippen MR) is 57.3 cm³/mol. The van der Waals surface area contributed by atoms with E-state index in [1.807, 2.05) is 44.2 Å². The van der Waals surface area contributed by atoms with Gasteiger partial charge in [-0.05, 0) is 18.9 Å². The Labute approximate surface area is 90.3 Å². The van der Waals surface area contributed by atoms with Gasteiger partial charge >= 0.3 is 0 Å². The van der Waals surface area contributed by atoms with Crippen molar-refractivity contribution in [3.8, 4) is 0 Å². The maximum atomic E-state index is 10.9. The molecule has 0 aliphatic carbocycles. The summed E-state index contributed by atoms with van der Waals surface area (Å²) in [5, 5.41) is 10.9. The van der Waals surface area contributed by atoms with Gasteiger partial charge < -0.3 is 14.8 Å². The van der Waals surface area contributed by atoms with Gasteiger partial charge in [-0.3, -0.25) is 0 Å². The minimum absolute atomic E-state index is 0.142. The van der Waals surface area contributed by atoms with Crippen molar-refractivity contribution in [2.75, 3.05) is 6.54 Å². The Kier molecular flexibility index (Phi) is 4.16. The van der Waals surface area contributed by atoms with Gasteiger partial charge in [0.25, 0.3) is 0 Å². The first kappa shape index (κ1) is 11.6. The van der Waals surface area contributed by atoms with Crippen molar-refractivity contribution in [1.29, 1.82) is 0 Å². The molecule has 0 aliphatic heterocycles. The third kappa shape index (κ3) is 2.98. The number of nitrogens with zero attached hydrogens (tertiary/aromatic N) is 1. The van der Waals surface area contributed by atoms with Crippen LogP contribution in [0.15, 0.2) is 30.3 Å². The molecule has 1 amide bonds. The molecule has 0 aromatic heterocycles. The van der Waals surface area contributed by atoms with Crippen molar-refractivity contribution in [3.63, 3.8) is 0 Å². The van der Waals surface area contributed by atoms with Gasteiger partial charge in [-0.2, -0.15) is 0 Å². The van der Waals surface area contributed by atoms with E-state index in [1.165, 1.54) is 4.90 Å². The van der Waals surface area contributed by atoms with Crippen molar-refractivity contribution in [3.05, 3.63) is 35.9 Å². The lowest BCUT2D eigenvalue weighted by molar-refractivity contribution is -0.268. The maximum Gasteiger partial charge on any atom is 0.137 e. The number of carbonyl (C=O) groups excluding carboxylic acids is 1. The summed E-state index contributed by atoms with van der Waals surface area (Å²) in [5.74, 6) is 0. The SMILES string of the molecule is CCCN(C(=O)[O-])C(C)c1ccccc1. The Bertz CT molecular complexity index is 311. The monoisotopic (exact) mass is 206 g/mol. The van der Waals surface area contributed by atoms with Crippen LogP contribution in [0.5, 0.6) is 0 Å². The minimum atomic E-state index is -1.10. The quantitative estimate of drug-likeness (QED) is 0.754. The van der Waals surface area contributed by atoms with E-state index in [0.717, 1.165) is 12.0 Å². The van der Waals surface area contributed by atoms with Gasteiger partial charge in [0.15, 0.2) is 0 Å². The Hall–Kier alpha value is -1.51.